The molecule has 3 saturated carbocycles. The predicted octanol–water partition coefficient (Wildman–Crippen LogP) is 9.50. The Morgan fingerprint density at radius 1 is 0.837 bits per heavy atom. The fraction of sp³-hybridized carbons (Fsp3) is 0.692. The summed E-state index contributed by atoms with van der Waals surface area (Å²) < 4.78 is 11.9. The van der Waals surface area contributed by atoms with E-state index < -0.39 is 0 Å². The van der Waals surface area contributed by atoms with Crippen LogP contribution in [0.1, 0.15) is 124 Å². The summed E-state index contributed by atoms with van der Waals surface area (Å²) in [6, 6.07) is 9.41. The van der Waals surface area contributed by atoms with E-state index in [1.807, 2.05) is 30.3 Å². The third kappa shape index (κ3) is 4.59. The second-order valence-electron chi connectivity index (χ2n) is 17.0. The van der Waals surface area contributed by atoms with Gasteiger partial charge in [0.1, 0.15) is 6.10 Å². The Morgan fingerprint density at radius 2 is 1.53 bits per heavy atom. The van der Waals surface area contributed by atoms with Gasteiger partial charge in [-0.1, -0.05) is 78.8 Å². The molecule has 0 bridgehead atoms. The van der Waals surface area contributed by atoms with Crippen LogP contribution in [-0.4, -0.2) is 24.6 Å². The normalized spacial score (nSPS) is 43.0. The van der Waals surface area contributed by atoms with E-state index in [1.54, 1.807) is 18.1 Å². The van der Waals surface area contributed by atoms with Crippen molar-refractivity contribution in [2.75, 3.05) is 6.61 Å². The average molecular weight is 587 g/mol. The van der Waals surface area contributed by atoms with Gasteiger partial charge in [-0.15, -0.1) is 0 Å². The van der Waals surface area contributed by atoms with E-state index in [4.69, 9.17) is 9.47 Å². The minimum absolute atomic E-state index is 0.0169. The van der Waals surface area contributed by atoms with Crippen molar-refractivity contribution in [3.63, 3.8) is 0 Å². The number of benzene rings is 1. The monoisotopic (exact) mass is 586 g/mol. The molecule has 43 heavy (non-hydrogen) atoms. The van der Waals surface area contributed by atoms with Crippen LogP contribution in [0.4, 0.5) is 0 Å². The molecule has 1 aromatic carbocycles. The van der Waals surface area contributed by atoms with E-state index in [9.17, 15) is 9.59 Å². The highest BCUT2D eigenvalue weighted by Crippen LogP contribution is 2.74. The highest BCUT2D eigenvalue weighted by molar-refractivity contribution is 5.89. The lowest BCUT2D eigenvalue weighted by molar-refractivity contribution is -0.167. The lowest BCUT2D eigenvalue weighted by Gasteiger charge is -2.69. The van der Waals surface area contributed by atoms with E-state index in [0.717, 1.165) is 38.5 Å². The average Bonchev–Trinajstić information content (AvgIpc) is 2.96. The Labute approximate surface area is 260 Å². The second-order valence-corrected chi connectivity index (χ2v) is 17.0. The first-order valence-electron chi connectivity index (χ1n) is 16.9. The highest BCUT2D eigenvalue weighted by Gasteiger charge is 2.66. The first-order chi connectivity index (χ1) is 20.1. The second kappa shape index (κ2) is 10.1. The SMILES string of the molecule is CC(=O)O[C@@H]1CC[C@]2(C)C3=CC[C@@]4(C)[C@@H]5C[C@](C)(COC(=O)c6ccccc6)CC[C@]5(C)CC[C@]4(C)C3=CC[C@H]2C1(C)C. The fourth-order valence-electron chi connectivity index (χ4n) is 11.1. The van der Waals surface area contributed by atoms with E-state index >= 15 is 0 Å². The van der Waals surface area contributed by atoms with Crippen LogP contribution < -0.4 is 0 Å². The first-order valence-corrected chi connectivity index (χ1v) is 16.9. The maximum atomic E-state index is 12.9. The number of hydrogen-bond donors (Lipinski definition) is 0. The maximum absolute atomic E-state index is 12.9. The van der Waals surface area contributed by atoms with Crippen LogP contribution in [0.5, 0.6) is 0 Å². The van der Waals surface area contributed by atoms with Gasteiger partial charge in [-0.2, -0.15) is 0 Å². The lowest BCUT2D eigenvalue weighted by atomic mass is 9.36. The lowest BCUT2D eigenvalue weighted by Crippen LogP contribution is -2.61. The molecule has 0 heterocycles. The molecule has 4 nitrogen and oxygen atoms in total. The summed E-state index contributed by atoms with van der Waals surface area (Å²) in [7, 11) is 0. The number of carbonyl (C=O) groups excluding carboxylic acids is 2. The Bertz CT molecular complexity index is 1360. The van der Waals surface area contributed by atoms with Crippen LogP contribution in [0.25, 0.3) is 0 Å². The molecule has 0 aliphatic heterocycles. The van der Waals surface area contributed by atoms with Gasteiger partial charge in [-0.25, -0.2) is 4.79 Å². The van der Waals surface area contributed by atoms with Crippen LogP contribution in [0, 0.1) is 44.3 Å². The molecule has 6 rings (SSSR count). The summed E-state index contributed by atoms with van der Waals surface area (Å²) in [5, 5.41) is 0. The smallest absolute Gasteiger partial charge is 0.338 e. The third-order valence-corrected chi connectivity index (χ3v) is 14.1. The Hall–Kier alpha value is -2.36. The Kier molecular flexibility index (Phi) is 7.18. The standard InChI is InChI=1S/C39H54O4/c1-26(40)43-32-17-18-37(6)28-16-19-39(8)31-24-35(4,25-42-33(41)27-12-10-9-11-13-27)20-21-36(31,5)22-23-38(39,7)29(28)14-15-30(37)34(32,2)3/h9-14,16,30-32H,15,17-25H2,1-8H3/t30-,31+,32+,35+,36+,37+,38+,39-/m0/s1. The molecular formula is C39H54O4. The minimum atomic E-state index is -0.207. The molecule has 0 amide bonds. The summed E-state index contributed by atoms with van der Waals surface area (Å²) in [4.78, 5) is 24.8. The number of carbonyl (C=O) groups is 2. The summed E-state index contributed by atoms with van der Waals surface area (Å²) >= 11 is 0. The van der Waals surface area contributed by atoms with Crippen LogP contribution in [0.3, 0.4) is 0 Å². The van der Waals surface area contributed by atoms with Gasteiger partial charge < -0.3 is 9.47 Å². The Balaban J connectivity index is 1.29. The first kappa shape index (κ1) is 30.7. The number of ether oxygens (including phenoxy) is 2. The predicted molar refractivity (Wildman–Crippen MR) is 171 cm³/mol. The van der Waals surface area contributed by atoms with Crippen molar-refractivity contribution in [3.8, 4) is 0 Å². The molecule has 5 aliphatic carbocycles. The van der Waals surface area contributed by atoms with Gasteiger partial charge in [0.05, 0.1) is 12.2 Å². The van der Waals surface area contributed by atoms with Gasteiger partial charge in [0.15, 0.2) is 0 Å². The van der Waals surface area contributed by atoms with Crippen LogP contribution >= 0.6 is 0 Å². The van der Waals surface area contributed by atoms with E-state index in [1.165, 1.54) is 19.3 Å². The van der Waals surface area contributed by atoms with Crippen molar-refractivity contribution in [2.24, 2.45) is 44.3 Å². The van der Waals surface area contributed by atoms with Crippen molar-refractivity contribution in [2.45, 2.75) is 119 Å². The van der Waals surface area contributed by atoms with Gasteiger partial charge in [-0.3, -0.25) is 4.79 Å². The molecule has 0 N–H and O–H groups in total. The molecular weight excluding hydrogens is 532 g/mol. The Morgan fingerprint density at radius 3 is 2.23 bits per heavy atom. The maximum Gasteiger partial charge on any atom is 0.338 e. The molecule has 234 valence electrons. The van der Waals surface area contributed by atoms with Gasteiger partial charge in [0.2, 0.25) is 0 Å². The summed E-state index contributed by atoms with van der Waals surface area (Å²) in [5.41, 5.74) is 4.43. The molecule has 0 unspecified atom stereocenters. The largest absolute Gasteiger partial charge is 0.462 e. The molecule has 4 heteroatoms. The molecule has 0 radical (unpaired) electrons. The molecule has 0 saturated heterocycles. The molecule has 0 aromatic heterocycles. The summed E-state index contributed by atoms with van der Waals surface area (Å²) in [6.45, 7) is 19.3. The van der Waals surface area contributed by atoms with Crippen LogP contribution in [0.15, 0.2) is 53.6 Å². The number of rotatable bonds is 4. The summed E-state index contributed by atoms with van der Waals surface area (Å²) in [6.07, 6.45) is 15.3. The minimum Gasteiger partial charge on any atom is -0.462 e. The van der Waals surface area contributed by atoms with E-state index in [2.05, 4.69) is 60.6 Å². The number of allylic oxidation sites excluding steroid dienone is 4. The number of hydrogen-bond acceptors (Lipinski definition) is 4. The van der Waals surface area contributed by atoms with Gasteiger partial charge in [0.25, 0.3) is 0 Å². The molecule has 1 aromatic rings. The van der Waals surface area contributed by atoms with Crippen LogP contribution in [0.2, 0.25) is 0 Å². The highest BCUT2D eigenvalue weighted by atomic mass is 16.5. The quantitative estimate of drug-likeness (QED) is 0.330. The zero-order valence-corrected chi connectivity index (χ0v) is 28.0. The summed E-state index contributed by atoms with van der Waals surface area (Å²) in [5.74, 6) is 0.649. The zero-order chi connectivity index (χ0) is 31.1. The number of esters is 2. The van der Waals surface area contributed by atoms with Crippen molar-refractivity contribution < 1.29 is 19.1 Å². The zero-order valence-electron chi connectivity index (χ0n) is 28.0. The van der Waals surface area contributed by atoms with Gasteiger partial charge in [0, 0.05) is 17.8 Å². The van der Waals surface area contributed by atoms with Crippen molar-refractivity contribution in [1.82, 2.24) is 0 Å². The van der Waals surface area contributed by atoms with Crippen molar-refractivity contribution in [3.05, 3.63) is 59.2 Å². The van der Waals surface area contributed by atoms with Crippen LogP contribution in [-0.2, 0) is 14.3 Å². The molecule has 3 fully saturated rings. The van der Waals surface area contributed by atoms with Crippen molar-refractivity contribution >= 4 is 11.9 Å². The molecule has 0 spiro atoms. The number of fused-ring (bicyclic) bond motifs is 7. The topological polar surface area (TPSA) is 52.6 Å². The third-order valence-electron chi connectivity index (χ3n) is 14.1. The molecule has 5 aliphatic rings. The van der Waals surface area contributed by atoms with Gasteiger partial charge >= 0.3 is 11.9 Å². The van der Waals surface area contributed by atoms with E-state index in [0.29, 0.717) is 29.4 Å². The fourth-order valence-corrected chi connectivity index (χ4v) is 11.1. The van der Waals surface area contributed by atoms with Gasteiger partial charge in [-0.05, 0) is 115 Å². The van der Waals surface area contributed by atoms with Crippen molar-refractivity contribution in [1.29, 1.82) is 0 Å². The molecule has 8 atom stereocenters. The van der Waals surface area contributed by atoms with E-state index in [-0.39, 0.29) is 45.1 Å².